The second-order valence-electron chi connectivity index (χ2n) is 5.17. The summed E-state index contributed by atoms with van der Waals surface area (Å²) in [7, 11) is 1.67. The number of thiophene rings is 1. The Morgan fingerprint density at radius 1 is 1.55 bits per heavy atom. The minimum Gasteiger partial charge on any atom is -0.384 e. The molecule has 1 fully saturated rings. The minimum atomic E-state index is -0.370. The first-order valence-corrected chi connectivity index (χ1v) is 7.60. The number of rotatable bonds is 5. The van der Waals surface area contributed by atoms with Crippen molar-refractivity contribution in [2.75, 3.05) is 26.8 Å². The third-order valence-electron chi connectivity index (χ3n) is 3.78. The molecule has 0 radical (unpaired) electrons. The molecular formula is C14H23ClN2O2S. The molecule has 2 rings (SSSR count). The van der Waals surface area contributed by atoms with Crippen LogP contribution in [0.1, 0.15) is 30.7 Å². The Bertz CT molecular complexity index is 400. The molecule has 1 saturated heterocycles. The molecule has 1 aromatic rings. The molecule has 114 valence electrons. The zero-order valence-electron chi connectivity index (χ0n) is 12.0. The number of piperidine rings is 1. The molecule has 1 amide bonds. The van der Waals surface area contributed by atoms with Crippen LogP contribution in [0.3, 0.4) is 0 Å². The van der Waals surface area contributed by atoms with E-state index in [1.807, 2.05) is 18.4 Å². The lowest BCUT2D eigenvalue weighted by Gasteiger charge is -2.36. The standard InChI is InChI=1S/C14H22N2O2S.ClH/c1-11(12-4-3-9-19-12)16-13(17)14(10-18-2)5-7-15-8-6-14;/h3-4,9,11,15H,5-8,10H2,1-2H3,(H,16,17);1H. The minimum absolute atomic E-state index is 0. The van der Waals surface area contributed by atoms with Gasteiger partial charge >= 0.3 is 0 Å². The van der Waals surface area contributed by atoms with Crippen LogP contribution in [-0.4, -0.2) is 32.7 Å². The molecule has 0 saturated carbocycles. The molecule has 1 aromatic heterocycles. The number of methoxy groups -OCH3 is 1. The monoisotopic (exact) mass is 318 g/mol. The third kappa shape index (κ3) is 3.95. The van der Waals surface area contributed by atoms with Crippen molar-refractivity contribution < 1.29 is 9.53 Å². The number of halogens is 1. The molecule has 1 atom stereocenters. The van der Waals surface area contributed by atoms with Gasteiger partial charge in [-0.3, -0.25) is 4.79 Å². The van der Waals surface area contributed by atoms with Crippen molar-refractivity contribution in [1.29, 1.82) is 0 Å². The van der Waals surface area contributed by atoms with E-state index >= 15 is 0 Å². The number of carbonyl (C=O) groups excluding carboxylic acids is 1. The molecule has 1 unspecified atom stereocenters. The van der Waals surface area contributed by atoms with Crippen LogP contribution in [0.25, 0.3) is 0 Å². The predicted octanol–water partition coefficient (Wildman–Crippen LogP) is 2.36. The average Bonchev–Trinajstić information content (AvgIpc) is 2.94. The van der Waals surface area contributed by atoms with Crippen LogP contribution in [0.5, 0.6) is 0 Å². The molecule has 20 heavy (non-hydrogen) atoms. The first-order chi connectivity index (χ1) is 9.18. The van der Waals surface area contributed by atoms with Gasteiger partial charge in [-0.1, -0.05) is 6.07 Å². The fraction of sp³-hybridized carbons (Fsp3) is 0.643. The van der Waals surface area contributed by atoms with Crippen molar-refractivity contribution in [1.82, 2.24) is 10.6 Å². The highest BCUT2D eigenvalue weighted by atomic mass is 35.5. The molecule has 4 nitrogen and oxygen atoms in total. The maximum absolute atomic E-state index is 12.6. The van der Waals surface area contributed by atoms with Crippen LogP contribution < -0.4 is 10.6 Å². The maximum atomic E-state index is 12.6. The zero-order chi connectivity index (χ0) is 13.7. The molecule has 1 aliphatic heterocycles. The summed E-state index contributed by atoms with van der Waals surface area (Å²) in [5, 5.41) is 8.48. The Kier molecular flexibility index (Phi) is 6.95. The fourth-order valence-corrected chi connectivity index (χ4v) is 3.31. The van der Waals surface area contributed by atoms with Crippen LogP contribution in [0.15, 0.2) is 17.5 Å². The fourth-order valence-electron chi connectivity index (χ4n) is 2.58. The van der Waals surface area contributed by atoms with Crippen LogP contribution >= 0.6 is 23.7 Å². The summed E-state index contributed by atoms with van der Waals surface area (Å²) in [6.45, 7) is 4.29. The summed E-state index contributed by atoms with van der Waals surface area (Å²) >= 11 is 1.67. The van der Waals surface area contributed by atoms with Crippen LogP contribution in [0.4, 0.5) is 0 Å². The van der Waals surface area contributed by atoms with E-state index in [0.717, 1.165) is 25.9 Å². The highest BCUT2D eigenvalue weighted by molar-refractivity contribution is 7.10. The van der Waals surface area contributed by atoms with Gasteiger partial charge in [-0.15, -0.1) is 23.7 Å². The number of amides is 1. The Morgan fingerprint density at radius 3 is 2.80 bits per heavy atom. The molecule has 0 bridgehead atoms. The highest BCUT2D eigenvalue weighted by Crippen LogP contribution is 2.31. The Balaban J connectivity index is 0.00000200. The van der Waals surface area contributed by atoms with E-state index in [4.69, 9.17) is 4.74 Å². The normalized spacial score (nSPS) is 18.9. The lowest BCUT2D eigenvalue weighted by molar-refractivity contribution is -0.136. The Labute approximate surface area is 130 Å². The average molecular weight is 319 g/mol. The number of nitrogens with one attached hydrogen (secondary N) is 2. The second kappa shape index (κ2) is 7.98. The summed E-state index contributed by atoms with van der Waals surface area (Å²) in [6.07, 6.45) is 1.67. The SMILES string of the molecule is COCC1(C(=O)NC(C)c2cccs2)CCNCC1.Cl. The molecular weight excluding hydrogens is 296 g/mol. The van der Waals surface area contributed by atoms with Crippen LogP contribution in [-0.2, 0) is 9.53 Å². The number of hydrogen-bond donors (Lipinski definition) is 2. The lowest BCUT2D eigenvalue weighted by Crippen LogP contribution is -2.50. The van der Waals surface area contributed by atoms with Gasteiger partial charge in [-0.25, -0.2) is 0 Å². The first kappa shape index (κ1) is 17.4. The largest absolute Gasteiger partial charge is 0.384 e. The van der Waals surface area contributed by atoms with E-state index in [1.54, 1.807) is 18.4 Å². The Morgan fingerprint density at radius 2 is 2.25 bits per heavy atom. The van der Waals surface area contributed by atoms with E-state index in [-0.39, 0.29) is 29.8 Å². The summed E-state index contributed by atoms with van der Waals surface area (Å²) in [4.78, 5) is 13.8. The molecule has 6 heteroatoms. The van der Waals surface area contributed by atoms with Gasteiger partial charge in [0, 0.05) is 12.0 Å². The number of carbonyl (C=O) groups is 1. The molecule has 2 heterocycles. The highest BCUT2D eigenvalue weighted by Gasteiger charge is 2.40. The summed E-state index contributed by atoms with van der Waals surface area (Å²) in [6, 6.07) is 4.13. The van der Waals surface area contributed by atoms with Gasteiger partial charge in [-0.2, -0.15) is 0 Å². The van der Waals surface area contributed by atoms with Gasteiger partial charge in [-0.05, 0) is 44.3 Å². The van der Waals surface area contributed by atoms with Gasteiger partial charge < -0.3 is 15.4 Å². The van der Waals surface area contributed by atoms with Crippen molar-refractivity contribution in [3.63, 3.8) is 0 Å². The van der Waals surface area contributed by atoms with Gasteiger partial charge in [0.1, 0.15) is 0 Å². The van der Waals surface area contributed by atoms with E-state index in [1.165, 1.54) is 4.88 Å². The number of ether oxygens (including phenoxy) is 1. The van der Waals surface area contributed by atoms with Crippen molar-refractivity contribution in [2.24, 2.45) is 5.41 Å². The molecule has 0 aliphatic carbocycles. The zero-order valence-corrected chi connectivity index (χ0v) is 13.6. The predicted molar refractivity (Wildman–Crippen MR) is 84.5 cm³/mol. The molecule has 0 spiro atoms. The summed E-state index contributed by atoms with van der Waals surface area (Å²) < 4.78 is 5.29. The first-order valence-electron chi connectivity index (χ1n) is 6.72. The van der Waals surface area contributed by atoms with E-state index in [2.05, 4.69) is 16.7 Å². The van der Waals surface area contributed by atoms with Crippen LogP contribution in [0.2, 0.25) is 0 Å². The number of hydrogen-bond acceptors (Lipinski definition) is 4. The van der Waals surface area contributed by atoms with E-state index in [0.29, 0.717) is 6.61 Å². The van der Waals surface area contributed by atoms with E-state index < -0.39 is 0 Å². The van der Waals surface area contributed by atoms with Crippen molar-refractivity contribution in [3.8, 4) is 0 Å². The van der Waals surface area contributed by atoms with Crippen molar-refractivity contribution in [3.05, 3.63) is 22.4 Å². The van der Waals surface area contributed by atoms with Gasteiger partial charge in [0.2, 0.25) is 5.91 Å². The van der Waals surface area contributed by atoms with Crippen molar-refractivity contribution >= 4 is 29.7 Å². The topological polar surface area (TPSA) is 50.4 Å². The summed E-state index contributed by atoms with van der Waals surface area (Å²) in [5.41, 5.74) is -0.370. The maximum Gasteiger partial charge on any atom is 0.229 e. The van der Waals surface area contributed by atoms with E-state index in [9.17, 15) is 4.79 Å². The third-order valence-corrected chi connectivity index (χ3v) is 4.84. The second-order valence-corrected chi connectivity index (χ2v) is 6.15. The summed E-state index contributed by atoms with van der Waals surface area (Å²) in [5.74, 6) is 0.122. The van der Waals surface area contributed by atoms with Crippen molar-refractivity contribution in [2.45, 2.75) is 25.8 Å². The molecule has 2 N–H and O–H groups in total. The Hall–Kier alpha value is -0.620. The molecule has 0 aromatic carbocycles. The smallest absolute Gasteiger partial charge is 0.229 e. The van der Waals surface area contributed by atoms with Crippen LogP contribution in [0, 0.1) is 5.41 Å². The van der Waals surface area contributed by atoms with Gasteiger partial charge in [0.05, 0.1) is 18.1 Å². The quantitative estimate of drug-likeness (QED) is 0.876. The van der Waals surface area contributed by atoms with Gasteiger partial charge in [0.25, 0.3) is 0 Å². The van der Waals surface area contributed by atoms with Gasteiger partial charge in [0.15, 0.2) is 0 Å². The lowest BCUT2D eigenvalue weighted by atomic mass is 9.78. The molecule has 1 aliphatic rings.